The van der Waals surface area contributed by atoms with E-state index in [4.69, 9.17) is 14.2 Å². The lowest BCUT2D eigenvalue weighted by molar-refractivity contribution is -0.152. The highest BCUT2D eigenvalue weighted by molar-refractivity contribution is 5.95. The average molecular weight is 400 g/mol. The molecule has 2 aromatic carbocycles. The molecule has 0 unspecified atom stereocenters. The molecule has 154 valence electrons. The molecule has 8 heteroatoms. The molecule has 8 nitrogen and oxygen atoms in total. The van der Waals surface area contributed by atoms with Crippen molar-refractivity contribution in [2.45, 2.75) is 26.4 Å². The van der Waals surface area contributed by atoms with Crippen molar-refractivity contribution in [2.24, 2.45) is 0 Å². The zero-order chi connectivity index (χ0) is 21.4. The quantitative estimate of drug-likeness (QED) is 0.661. The van der Waals surface area contributed by atoms with Crippen LogP contribution in [0, 0.1) is 0 Å². The normalized spacial score (nSPS) is 11.2. The average Bonchev–Trinajstić information content (AvgIpc) is 2.68. The summed E-state index contributed by atoms with van der Waals surface area (Å²) in [5, 5.41) is 5.29. The van der Waals surface area contributed by atoms with Crippen molar-refractivity contribution in [3.8, 4) is 11.5 Å². The van der Waals surface area contributed by atoms with Crippen molar-refractivity contribution in [1.82, 2.24) is 0 Å². The number of amides is 2. The van der Waals surface area contributed by atoms with Crippen molar-refractivity contribution in [1.29, 1.82) is 0 Å². The lowest BCUT2D eigenvalue weighted by Gasteiger charge is -2.14. The molecule has 0 saturated heterocycles. The lowest BCUT2D eigenvalue weighted by atomic mass is 10.1. The van der Waals surface area contributed by atoms with E-state index in [1.165, 1.54) is 28.1 Å². The van der Waals surface area contributed by atoms with Crippen molar-refractivity contribution < 1.29 is 28.6 Å². The number of carbonyl (C=O) groups excluding carboxylic acids is 3. The van der Waals surface area contributed by atoms with E-state index in [9.17, 15) is 14.4 Å². The van der Waals surface area contributed by atoms with Crippen LogP contribution in [0.1, 0.15) is 19.4 Å². The highest BCUT2D eigenvalue weighted by Crippen LogP contribution is 2.27. The Hall–Kier alpha value is -3.55. The first-order chi connectivity index (χ1) is 13.8. The Balaban J connectivity index is 1.90. The molecular weight excluding hydrogens is 376 g/mol. The second-order valence-electron chi connectivity index (χ2n) is 6.25. The van der Waals surface area contributed by atoms with E-state index in [1.807, 2.05) is 0 Å². The fourth-order valence-corrected chi connectivity index (χ4v) is 2.53. The first-order valence-electron chi connectivity index (χ1n) is 8.91. The monoisotopic (exact) mass is 400 g/mol. The second-order valence-corrected chi connectivity index (χ2v) is 6.25. The SMILES string of the molecule is COc1ccc(CC(=O)O[C@H](C)C(=O)Nc2ccc(NC(C)=O)cc2)cc1OC. The highest BCUT2D eigenvalue weighted by Gasteiger charge is 2.19. The predicted octanol–water partition coefficient (Wildman–Crippen LogP) is 2.78. The van der Waals surface area contributed by atoms with Crippen molar-refractivity contribution in [2.75, 3.05) is 24.9 Å². The van der Waals surface area contributed by atoms with Gasteiger partial charge in [0, 0.05) is 18.3 Å². The third-order valence-corrected chi connectivity index (χ3v) is 3.95. The Morgan fingerprint density at radius 2 is 1.48 bits per heavy atom. The highest BCUT2D eigenvalue weighted by atomic mass is 16.5. The smallest absolute Gasteiger partial charge is 0.311 e. The molecule has 0 saturated carbocycles. The van der Waals surface area contributed by atoms with Crippen LogP contribution in [-0.2, 0) is 25.5 Å². The van der Waals surface area contributed by atoms with Gasteiger partial charge in [0.2, 0.25) is 5.91 Å². The molecule has 0 bridgehead atoms. The Labute approximate surface area is 169 Å². The van der Waals surface area contributed by atoms with Gasteiger partial charge in [0.15, 0.2) is 17.6 Å². The van der Waals surface area contributed by atoms with Gasteiger partial charge in [-0.25, -0.2) is 0 Å². The van der Waals surface area contributed by atoms with Crippen LogP contribution in [0.15, 0.2) is 42.5 Å². The summed E-state index contributed by atoms with van der Waals surface area (Å²) in [5.41, 5.74) is 1.81. The van der Waals surface area contributed by atoms with Crippen LogP contribution in [-0.4, -0.2) is 38.1 Å². The minimum absolute atomic E-state index is 0.0105. The molecule has 0 aliphatic rings. The second kappa shape index (κ2) is 10.1. The molecule has 0 spiro atoms. The molecule has 0 fully saturated rings. The molecule has 2 aromatic rings. The maximum absolute atomic E-state index is 12.3. The summed E-state index contributed by atoms with van der Waals surface area (Å²) in [6.45, 7) is 2.90. The minimum Gasteiger partial charge on any atom is -0.493 e. The number of ether oxygens (including phenoxy) is 3. The summed E-state index contributed by atoms with van der Waals surface area (Å²) in [6, 6.07) is 11.7. The molecule has 0 aromatic heterocycles. The van der Waals surface area contributed by atoms with Crippen LogP contribution in [0.4, 0.5) is 11.4 Å². The van der Waals surface area contributed by atoms with Gasteiger partial charge < -0.3 is 24.8 Å². The number of esters is 1. The summed E-state index contributed by atoms with van der Waals surface area (Å²) in [5.74, 6) is -0.121. The number of rotatable bonds is 8. The number of anilines is 2. The van der Waals surface area contributed by atoms with Crippen LogP contribution in [0.25, 0.3) is 0 Å². The fraction of sp³-hybridized carbons (Fsp3) is 0.286. The van der Waals surface area contributed by atoms with Gasteiger partial charge in [-0.05, 0) is 48.9 Å². The molecule has 0 aliphatic heterocycles. The Kier molecular flexibility index (Phi) is 7.59. The minimum atomic E-state index is -0.974. The van der Waals surface area contributed by atoms with Gasteiger partial charge in [-0.3, -0.25) is 14.4 Å². The number of benzene rings is 2. The molecule has 0 heterocycles. The maximum atomic E-state index is 12.3. The van der Waals surface area contributed by atoms with Crippen LogP contribution in [0.5, 0.6) is 11.5 Å². The third kappa shape index (κ3) is 6.53. The van der Waals surface area contributed by atoms with Crippen molar-refractivity contribution in [3.63, 3.8) is 0 Å². The molecule has 0 aliphatic carbocycles. The van der Waals surface area contributed by atoms with Crippen LogP contribution >= 0.6 is 0 Å². The number of hydrogen-bond acceptors (Lipinski definition) is 6. The summed E-state index contributed by atoms with van der Waals surface area (Å²) in [4.78, 5) is 35.4. The summed E-state index contributed by atoms with van der Waals surface area (Å²) in [6.07, 6.45) is -0.985. The van der Waals surface area contributed by atoms with Gasteiger partial charge in [0.05, 0.1) is 20.6 Å². The van der Waals surface area contributed by atoms with Gasteiger partial charge >= 0.3 is 5.97 Å². The topological polar surface area (TPSA) is 103 Å². The third-order valence-electron chi connectivity index (χ3n) is 3.95. The number of hydrogen-bond donors (Lipinski definition) is 2. The zero-order valence-electron chi connectivity index (χ0n) is 16.8. The van der Waals surface area contributed by atoms with Crippen LogP contribution in [0.3, 0.4) is 0 Å². The molecule has 2 N–H and O–H groups in total. The van der Waals surface area contributed by atoms with E-state index in [2.05, 4.69) is 10.6 Å². The van der Waals surface area contributed by atoms with Crippen LogP contribution in [0.2, 0.25) is 0 Å². The number of carbonyl (C=O) groups is 3. The van der Waals surface area contributed by atoms with Crippen LogP contribution < -0.4 is 20.1 Å². The van der Waals surface area contributed by atoms with Gasteiger partial charge in [0.1, 0.15) is 0 Å². The summed E-state index contributed by atoms with van der Waals surface area (Å²) in [7, 11) is 3.04. The predicted molar refractivity (Wildman–Crippen MR) is 108 cm³/mol. The van der Waals surface area contributed by atoms with Gasteiger partial charge in [-0.2, -0.15) is 0 Å². The Morgan fingerprint density at radius 3 is 2.03 bits per heavy atom. The van der Waals surface area contributed by atoms with Crippen molar-refractivity contribution in [3.05, 3.63) is 48.0 Å². The first-order valence-corrected chi connectivity index (χ1v) is 8.91. The molecule has 1 atom stereocenters. The summed E-state index contributed by atoms with van der Waals surface area (Å²) >= 11 is 0. The largest absolute Gasteiger partial charge is 0.493 e. The standard InChI is InChI=1S/C21H24N2O6/c1-13(21(26)23-17-8-6-16(7-9-17)22-14(2)24)29-20(25)12-15-5-10-18(27-3)19(11-15)28-4/h5-11,13H,12H2,1-4H3,(H,22,24)(H,23,26)/t13-/m1/s1. The van der Waals surface area contributed by atoms with E-state index in [0.717, 1.165) is 0 Å². The van der Waals surface area contributed by atoms with Gasteiger partial charge in [0.25, 0.3) is 5.91 Å². The molecular formula is C21H24N2O6. The van der Waals surface area contributed by atoms with E-state index in [0.29, 0.717) is 28.4 Å². The lowest BCUT2D eigenvalue weighted by Crippen LogP contribution is -2.30. The molecule has 2 rings (SSSR count). The number of methoxy groups -OCH3 is 2. The fourth-order valence-electron chi connectivity index (χ4n) is 2.53. The molecule has 0 radical (unpaired) electrons. The van der Waals surface area contributed by atoms with E-state index >= 15 is 0 Å². The first kappa shape index (κ1) is 21.7. The summed E-state index contributed by atoms with van der Waals surface area (Å²) < 4.78 is 15.6. The maximum Gasteiger partial charge on any atom is 0.311 e. The van der Waals surface area contributed by atoms with Crippen molar-refractivity contribution >= 4 is 29.2 Å². The van der Waals surface area contributed by atoms with Gasteiger partial charge in [-0.15, -0.1) is 0 Å². The van der Waals surface area contributed by atoms with E-state index in [1.54, 1.807) is 42.5 Å². The van der Waals surface area contributed by atoms with E-state index in [-0.39, 0.29) is 12.3 Å². The number of nitrogens with one attached hydrogen (secondary N) is 2. The molecule has 2 amide bonds. The van der Waals surface area contributed by atoms with Gasteiger partial charge in [-0.1, -0.05) is 6.07 Å². The van der Waals surface area contributed by atoms with E-state index < -0.39 is 18.0 Å². The zero-order valence-corrected chi connectivity index (χ0v) is 16.8. The Bertz CT molecular complexity index is 879. The molecule has 29 heavy (non-hydrogen) atoms. The Morgan fingerprint density at radius 1 is 0.897 bits per heavy atom.